The van der Waals surface area contributed by atoms with E-state index in [1.54, 1.807) is 0 Å². The number of hydrogen-bond donors (Lipinski definition) is 1. The molecule has 3 rings (SSSR count). The summed E-state index contributed by atoms with van der Waals surface area (Å²) in [5, 5.41) is 3.75. The molecular formula is C16H25N3. The van der Waals surface area contributed by atoms with Gasteiger partial charge in [-0.15, -0.1) is 0 Å². The van der Waals surface area contributed by atoms with E-state index in [1.807, 2.05) is 12.4 Å². The van der Waals surface area contributed by atoms with Gasteiger partial charge in [-0.3, -0.25) is 9.88 Å². The Labute approximate surface area is 116 Å². The summed E-state index contributed by atoms with van der Waals surface area (Å²) in [7, 11) is 0. The molecule has 0 amide bonds. The zero-order valence-electron chi connectivity index (χ0n) is 11.9. The van der Waals surface area contributed by atoms with Gasteiger partial charge in [0.25, 0.3) is 0 Å². The summed E-state index contributed by atoms with van der Waals surface area (Å²) in [5.41, 5.74) is 1.39. The van der Waals surface area contributed by atoms with Gasteiger partial charge < -0.3 is 5.32 Å². The van der Waals surface area contributed by atoms with E-state index >= 15 is 0 Å². The Hall–Kier alpha value is -0.930. The quantitative estimate of drug-likeness (QED) is 0.881. The van der Waals surface area contributed by atoms with Crippen molar-refractivity contribution in [3.05, 3.63) is 30.1 Å². The second-order valence-corrected chi connectivity index (χ2v) is 6.12. The molecule has 0 aromatic carbocycles. The summed E-state index contributed by atoms with van der Waals surface area (Å²) in [6.07, 6.45) is 9.28. The summed E-state index contributed by atoms with van der Waals surface area (Å²) in [5.74, 6) is 0.994. The first kappa shape index (κ1) is 13.1. The van der Waals surface area contributed by atoms with Gasteiger partial charge in [-0.05, 0) is 62.8 Å². The number of nitrogens with one attached hydrogen (secondary N) is 1. The number of aromatic nitrogens is 1. The zero-order chi connectivity index (χ0) is 13.1. The Kier molecular flexibility index (Phi) is 4.14. The van der Waals surface area contributed by atoms with Crippen molar-refractivity contribution >= 4 is 0 Å². The minimum Gasteiger partial charge on any atom is -0.314 e. The van der Waals surface area contributed by atoms with E-state index in [2.05, 4.69) is 34.3 Å². The number of pyridine rings is 1. The number of rotatable bonds is 5. The van der Waals surface area contributed by atoms with Crippen LogP contribution in [0.15, 0.2) is 24.5 Å². The van der Waals surface area contributed by atoms with Crippen LogP contribution in [-0.4, -0.2) is 35.6 Å². The molecule has 1 saturated carbocycles. The fraction of sp³-hybridized carbons (Fsp3) is 0.688. The number of hydrogen-bond acceptors (Lipinski definition) is 3. The van der Waals surface area contributed by atoms with Gasteiger partial charge in [0.15, 0.2) is 0 Å². The van der Waals surface area contributed by atoms with Crippen LogP contribution in [-0.2, 0) is 0 Å². The van der Waals surface area contributed by atoms with E-state index in [4.69, 9.17) is 0 Å². The Morgan fingerprint density at radius 1 is 1.21 bits per heavy atom. The van der Waals surface area contributed by atoms with Crippen LogP contribution < -0.4 is 5.32 Å². The summed E-state index contributed by atoms with van der Waals surface area (Å²) in [6, 6.07) is 5.55. The van der Waals surface area contributed by atoms with Gasteiger partial charge in [-0.25, -0.2) is 0 Å². The molecule has 0 bridgehead atoms. The largest absolute Gasteiger partial charge is 0.314 e. The standard InChI is InChI=1S/C16H25N3/c1-13(15-4-8-17-9-5-15)19-10-6-16(7-11-19)18-12-14-2-3-14/h4-5,8-9,13-14,16,18H,2-3,6-7,10-12H2,1H3. The molecule has 1 unspecified atom stereocenters. The molecule has 104 valence electrons. The topological polar surface area (TPSA) is 28.2 Å². The fourth-order valence-electron chi connectivity index (χ4n) is 3.00. The lowest BCUT2D eigenvalue weighted by Gasteiger charge is -2.36. The van der Waals surface area contributed by atoms with Gasteiger partial charge in [-0.2, -0.15) is 0 Å². The highest BCUT2D eigenvalue weighted by Crippen LogP contribution is 2.28. The predicted molar refractivity (Wildman–Crippen MR) is 78.0 cm³/mol. The average molecular weight is 259 g/mol. The Balaban J connectivity index is 1.46. The minimum atomic E-state index is 0.521. The van der Waals surface area contributed by atoms with Gasteiger partial charge >= 0.3 is 0 Å². The molecule has 0 spiro atoms. The summed E-state index contributed by atoms with van der Waals surface area (Å²) in [6.45, 7) is 6.00. The molecule has 3 nitrogen and oxygen atoms in total. The second kappa shape index (κ2) is 6.02. The average Bonchev–Trinajstić information content (AvgIpc) is 3.30. The van der Waals surface area contributed by atoms with Crippen molar-refractivity contribution in [1.29, 1.82) is 0 Å². The van der Waals surface area contributed by atoms with E-state index in [0.29, 0.717) is 6.04 Å². The molecule has 1 saturated heterocycles. The van der Waals surface area contributed by atoms with Gasteiger partial charge in [-0.1, -0.05) is 0 Å². The lowest BCUT2D eigenvalue weighted by molar-refractivity contribution is 0.152. The van der Waals surface area contributed by atoms with Crippen LogP contribution in [0.25, 0.3) is 0 Å². The smallest absolute Gasteiger partial charge is 0.0321 e. The third kappa shape index (κ3) is 3.54. The summed E-state index contributed by atoms with van der Waals surface area (Å²) < 4.78 is 0. The highest BCUT2D eigenvalue weighted by Gasteiger charge is 2.26. The SMILES string of the molecule is CC(c1ccncc1)N1CCC(NCC2CC2)CC1. The summed E-state index contributed by atoms with van der Waals surface area (Å²) >= 11 is 0. The molecular weight excluding hydrogens is 234 g/mol. The second-order valence-electron chi connectivity index (χ2n) is 6.12. The predicted octanol–water partition coefficient (Wildman–Crippen LogP) is 2.61. The molecule has 1 aromatic rings. The first-order chi connectivity index (χ1) is 9.33. The molecule has 1 aromatic heterocycles. The van der Waals surface area contributed by atoms with Crippen LogP contribution in [0.2, 0.25) is 0 Å². The van der Waals surface area contributed by atoms with E-state index < -0.39 is 0 Å². The first-order valence-electron chi connectivity index (χ1n) is 7.70. The number of piperidine rings is 1. The highest BCUT2D eigenvalue weighted by atomic mass is 15.2. The van der Waals surface area contributed by atoms with E-state index in [1.165, 1.54) is 50.9 Å². The lowest BCUT2D eigenvalue weighted by Crippen LogP contribution is -2.43. The van der Waals surface area contributed by atoms with Gasteiger partial charge in [0.05, 0.1) is 0 Å². The zero-order valence-corrected chi connectivity index (χ0v) is 11.9. The van der Waals surface area contributed by atoms with Crippen molar-refractivity contribution in [1.82, 2.24) is 15.2 Å². The Morgan fingerprint density at radius 3 is 2.53 bits per heavy atom. The first-order valence-corrected chi connectivity index (χ1v) is 7.70. The molecule has 19 heavy (non-hydrogen) atoms. The minimum absolute atomic E-state index is 0.521. The lowest BCUT2D eigenvalue weighted by atomic mass is 10.0. The Bertz CT molecular complexity index is 380. The number of likely N-dealkylation sites (tertiary alicyclic amines) is 1. The monoisotopic (exact) mass is 259 g/mol. The molecule has 2 fully saturated rings. The van der Waals surface area contributed by atoms with Crippen LogP contribution in [0.4, 0.5) is 0 Å². The van der Waals surface area contributed by atoms with Crippen LogP contribution in [0.5, 0.6) is 0 Å². The van der Waals surface area contributed by atoms with E-state index in [9.17, 15) is 0 Å². The third-order valence-corrected chi connectivity index (χ3v) is 4.66. The Morgan fingerprint density at radius 2 is 1.89 bits per heavy atom. The highest BCUT2D eigenvalue weighted by molar-refractivity contribution is 5.14. The molecule has 1 N–H and O–H groups in total. The normalized spacial score (nSPS) is 23.4. The molecule has 3 heteroatoms. The molecule has 2 heterocycles. The maximum atomic E-state index is 4.10. The van der Waals surface area contributed by atoms with E-state index in [-0.39, 0.29) is 0 Å². The van der Waals surface area contributed by atoms with Gasteiger partial charge in [0.1, 0.15) is 0 Å². The van der Waals surface area contributed by atoms with Crippen LogP contribution in [0.1, 0.15) is 44.2 Å². The van der Waals surface area contributed by atoms with Gasteiger partial charge in [0, 0.05) is 37.6 Å². The molecule has 1 aliphatic carbocycles. The molecule has 0 radical (unpaired) electrons. The molecule has 2 aliphatic rings. The fourth-order valence-corrected chi connectivity index (χ4v) is 3.00. The van der Waals surface area contributed by atoms with Crippen LogP contribution in [0, 0.1) is 5.92 Å². The maximum Gasteiger partial charge on any atom is 0.0321 e. The maximum absolute atomic E-state index is 4.10. The van der Waals surface area contributed by atoms with Crippen LogP contribution >= 0.6 is 0 Å². The van der Waals surface area contributed by atoms with Crippen molar-refractivity contribution in [2.45, 2.75) is 44.7 Å². The van der Waals surface area contributed by atoms with E-state index in [0.717, 1.165) is 12.0 Å². The molecule has 1 atom stereocenters. The van der Waals surface area contributed by atoms with Crippen molar-refractivity contribution in [2.75, 3.05) is 19.6 Å². The van der Waals surface area contributed by atoms with Crippen molar-refractivity contribution < 1.29 is 0 Å². The summed E-state index contributed by atoms with van der Waals surface area (Å²) in [4.78, 5) is 6.70. The van der Waals surface area contributed by atoms with Crippen molar-refractivity contribution in [2.24, 2.45) is 5.92 Å². The molecule has 1 aliphatic heterocycles. The van der Waals surface area contributed by atoms with Crippen LogP contribution in [0.3, 0.4) is 0 Å². The van der Waals surface area contributed by atoms with Gasteiger partial charge in [0.2, 0.25) is 0 Å². The number of nitrogens with zero attached hydrogens (tertiary/aromatic N) is 2. The van der Waals surface area contributed by atoms with Crippen molar-refractivity contribution in [3.8, 4) is 0 Å². The third-order valence-electron chi connectivity index (χ3n) is 4.66. The van der Waals surface area contributed by atoms with Crippen molar-refractivity contribution in [3.63, 3.8) is 0 Å².